The third-order valence-electron chi connectivity index (χ3n) is 4.61. The number of hydrogen-bond donors (Lipinski definition) is 2. The maximum atomic E-state index is 13.1. The summed E-state index contributed by atoms with van der Waals surface area (Å²) in [5, 5.41) is 0. The molecule has 19 heavy (non-hydrogen) atoms. The maximum absolute atomic E-state index is 13.1. The lowest BCUT2D eigenvalue weighted by Crippen LogP contribution is -2.43. The highest BCUT2D eigenvalue weighted by atomic mass is 19.3. The molecule has 112 valence electrons. The number of nitrogens with two attached hydrogens (primary N) is 1. The second kappa shape index (κ2) is 6.95. The molecule has 1 aliphatic carbocycles. The summed E-state index contributed by atoms with van der Waals surface area (Å²) in [4.78, 5) is 0. The van der Waals surface area contributed by atoms with Gasteiger partial charge in [-0.15, -0.1) is 0 Å². The third kappa shape index (κ3) is 4.65. The standard InChI is InChI=1S/C14H26F2N2O/c15-14(16)8-6-11(7-9-14)13(18-17)5-1-3-12-4-2-10-19-12/h11-13,18H,1-10,17H2. The van der Waals surface area contributed by atoms with E-state index in [1.165, 1.54) is 6.42 Å². The van der Waals surface area contributed by atoms with Crippen LogP contribution < -0.4 is 11.3 Å². The molecule has 0 aromatic rings. The van der Waals surface area contributed by atoms with Gasteiger partial charge >= 0.3 is 0 Å². The normalized spacial score (nSPS) is 29.5. The van der Waals surface area contributed by atoms with E-state index in [-0.39, 0.29) is 18.9 Å². The van der Waals surface area contributed by atoms with Crippen LogP contribution in [-0.4, -0.2) is 24.7 Å². The van der Waals surface area contributed by atoms with E-state index in [4.69, 9.17) is 10.6 Å². The Hall–Kier alpha value is -0.260. The quantitative estimate of drug-likeness (QED) is 0.579. The Morgan fingerprint density at radius 1 is 1.26 bits per heavy atom. The van der Waals surface area contributed by atoms with Crippen LogP contribution in [0.5, 0.6) is 0 Å². The van der Waals surface area contributed by atoms with Crippen LogP contribution in [0.25, 0.3) is 0 Å². The Bertz CT molecular complexity index is 260. The van der Waals surface area contributed by atoms with Crippen LogP contribution in [0.4, 0.5) is 8.78 Å². The molecule has 0 bridgehead atoms. The molecule has 1 aliphatic heterocycles. The minimum Gasteiger partial charge on any atom is -0.378 e. The van der Waals surface area contributed by atoms with Gasteiger partial charge in [-0.3, -0.25) is 11.3 Å². The Morgan fingerprint density at radius 2 is 2.00 bits per heavy atom. The van der Waals surface area contributed by atoms with E-state index < -0.39 is 5.92 Å². The minimum atomic E-state index is -2.45. The van der Waals surface area contributed by atoms with Gasteiger partial charge in [0.15, 0.2) is 0 Å². The molecule has 2 fully saturated rings. The van der Waals surface area contributed by atoms with Gasteiger partial charge in [-0.2, -0.15) is 0 Å². The minimum absolute atomic E-state index is 0.0155. The van der Waals surface area contributed by atoms with E-state index in [1.807, 2.05) is 0 Å². The lowest BCUT2D eigenvalue weighted by atomic mass is 9.80. The first-order chi connectivity index (χ1) is 9.11. The molecule has 0 aromatic heterocycles. The molecule has 0 spiro atoms. The number of nitrogens with one attached hydrogen (secondary N) is 1. The van der Waals surface area contributed by atoms with Crippen molar-refractivity contribution in [3.8, 4) is 0 Å². The average molecular weight is 276 g/mol. The fourth-order valence-corrected chi connectivity index (χ4v) is 3.36. The number of hydrazine groups is 1. The van der Waals surface area contributed by atoms with Crippen LogP contribution in [0, 0.1) is 5.92 Å². The molecule has 2 atom stereocenters. The molecule has 0 radical (unpaired) electrons. The zero-order valence-electron chi connectivity index (χ0n) is 11.5. The molecule has 3 N–H and O–H groups in total. The lowest BCUT2D eigenvalue weighted by molar-refractivity contribution is -0.0500. The summed E-state index contributed by atoms with van der Waals surface area (Å²) in [6, 6.07) is 0.178. The highest BCUT2D eigenvalue weighted by Crippen LogP contribution is 2.38. The van der Waals surface area contributed by atoms with E-state index in [2.05, 4.69) is 5.43 Å². The van der Waals surface area contributed by atoms with Gasteiger partial charge in [-0.25, -0.2) is 8.78 Å². The highest BCUT2D eigenvalue weighted by molar-refractivity contribution is 4.84. The summed E-state index contributed by atoms with van der Waals surface area (Å²) in [5.41, 5.74) is 2.84. The smallest absolute Gasteiger partial charge is 0.248 e. The van der Waals surface area contributed by atoms with Crippen molar-refractivity contribution in [3.63, 3.8) is 0 Å². The molecular weight excluding hydrogens is 250 g/mol. The molecule has 1 saturated heterocycles. The zero-order valence-corrected chi connectivity index (χ0v) is 11.5. The first kappa shape index (κ1) is 15.1. The maximum Gasteiger partial charge on any atom is 0.248 e. The van der Waals surface area contributed by atoms with Crippen molar-refractivity contribution in [3.05, 3.63) is 0 Å². The predicted octanol–water partition coefficient (Wildman–Crippen LogP) is 2.99. The largest absolute Gasteiger partial charge is 0.378 e. The Labute approximate surface area is 114 Å². The fourth-order valence-electron chi connectivity index (χ4n) is 3.36. The number of halogens is 2. The molecule has 3 nitrogen and oxygen atoms in total. The Balaban J connectivity index is 1.67. The van der Waals surface area contributed by atoms with E-state index in [1.54, 1.807) is 0 Å². The summed E-state index contributed by atoms with van der Waals surface area (Å²) in [6.07, 6.45) is 7.04. The summed E-state index contributed by atoms with van der Waals surface area (Å²) < 4.78 is 31.9. The highest BCUT2D eigenvalue weighted by Gasteiger charge is 2.37. The third-order valence-corrected chi connectivity index (χ3v) is 4.61. The first-order valence-corrected chi connectivity index (χ1v) is 7.56. The van der Waals surface area contributed by atoms with Crippen molar-refractivity contribution in [1.82, 2.24) is 5.43 Å². The second-order valence-electron chi connectivity index (χ2n) is 6.03. The Kier molecular flexibility index (Phi) is 5.54. The van der Waals surface area contributed by atoms with E-state index in [0.29, 0.717) is 24.9 Å². The van der Waals surface area contributed by atoms with Gasteiger partial charge in [-0.1, -0.05) is 0 Å². The van der Waals surface area contributed by atoms with Gasteiger partial charge in [-0.05, 0) is 50.9 Å². The molecule has 1 saturated carbocycles. The number of hydrogen-bond acceptors (Lipinski definition) is 3. The molecule has 5 heteroatoms. The van der Waals surface area contributed by atoms with Gasteiger partial charge in [0.05, 0.1) is 6.10 Å². The zero-order chi connectivity index (χ0) is 13.7. The fraction of sp³-hybridized carbons (Fsp3) is 1.00. The van der Waals surface area contributed by atoms with Crippen molar-refractivity contribution in [2.45, 2.75) is 75.9 Å². The molecule has 2 rings (SSSR count). The lowest BCUT2D eigenvalue weighted by Gasteiger charge is -2.33. The molecule has 2 unspecified atom stereocenters. The average Bonchev–Trinajstić information content (AvgIpc) is 2.88. The Morgan fingerprint density at radius 3 is 2.58 bits per heavy atom. The molecule has 2 aliphatic rings. The van der Waals surface area contributed by atoms with Gasteiger partial charge in [0.1, 0.15) is 0 Å². The SMILES string of the molecule is NNC(CCCC1CCCO1)C1CCC(F)(F)CC1. The van der Waals surface area contributed by atoms with Gasteiger partial charge in [0, 0.05) is 25.5 Å². The van der Waals surface area contributed by atoms with E-state index >= 15 is 0 Å². The second-order valence-corrected chi connectivity index (χ2v) is 6.03. The number of alkyl halides is 2. The van der Waals surface area contributed by atoms with Crippen molar-refractivity contribution in [2.75, 3.05) is 6.61 Å². The first-order valence-electron chi connectivity index (χ1n) is 7.56. The topological polar surface area (TPSA) is 47.3 Å². The van der Waals surface area contributed by atoms with Crippen LogP contribution in [0.1, 0.15) is 57.8 Å². The molecule has 1 heterocycles. The summed E-state index contributed by atoms with van der Waals surface area (Å²) >= 11 is 0. The number of rotatable bonds is 6. The van der Waals surface area contributed by atoms with Gasteiger partial charge in [0.2, 0.25) is 5.92 Å². The van der Waals surface area contributed by atoms with Crippen molar-refractivity contribution >= 4 is 0 Å². The van der Waals surface area contributed by atoms with E-state index in [9.17, 15) is 8.78 Å². The molecule has 0 amide bonds. The molecule has 0 aromatic carbocycles. The molecular formula is C14H26F2N2O. The van der Waals surface area contributed by atoms with E-state index in [0.717, 1.165) is 32.3 Å². The predicted molar refractivity (Wildman–Crippen MR) is 70.8 cm³/mol. The van der Waals surface area contributed by atoms with Crippen LogP contribution in [0.15, 0.2) is 0 Å². The van der Waals surface area contributed by atoms with Crippen LogP contribution in [0.2, 0.25) is 0 Å². The van der Waals surface area contributed by atoms with Gasteiger partial charge in [0.25, 0.3) is 0 Å². The van der Waals surface area contributed by atoms with Crippen LogP contribution in [0.3, 0.4) is 0 Å². The van der Waals surface area contributed by atoms with Crippen molar-refractivity contribution in [2.24, 2.45) is 11.8 Å². The van der Waals surface area contributed by atoms with Crippen LogP contribution >= 0.6 is 0 Å². The summed E-state index contributed by atoms with van der Waals surface area (Å²) in [7, 11) is 0. The van der Waals surface area contributed by atoms with Crippen LogP contribution in [-0.2, 0) is 4.74 Å². The van der Waals surface area contributed by atoms with Gasteiger partial charge < -0.3 is 4.74 Å². The van der Waals surface area contributed by atoms with Crippen molar-refractivity contribution in [1.29, 1.82) is 0 Å². The summed E-state index contributed by atoms with van der Waals surface area (Å²) in [5.74, 6) is 3.45. The monoisotopic (exact) mass is 276 g/mol. The summed E-state index contributed by atoms with van der Waals surface area (Å²) in [6.45, 7) is 0.890. The van der Waals surface area contributed by atoms with Crippen molar-refractivity contribution < 1.29 is 13.5 Å². The number of ether oxygens (including phenoxy) is 1.